The highest BCUT2D eigenvalue weighted by Crippen LogP contribution is 2.25. The lowest BCUT2D eigenvalue weighted by Gasteiger charge is -2.05. The molecule has 2 rings (SSSR count). The van der Waals surface area contributed by atoms with Gasteiger partial charge in [-0.25, -0.2) is 4.98 Å². The Balaban J connectivity index is 2.55. The molecule has 0 aliphatic heterocycles. The molecule has 0 bridgehead atoms. The van der Waals surface area contributed by atoms with Crippen molar-refractivity contribution in [1.82, 2.24) is 4.98 Å². The molecular formula is C13H10N2O. The first-order chi connectivity index (χ1) is 7.85. The first-order valence-corrected chi connectivity index (χ1v) is 4.84. The quantitative estimate of drug-likeness (QED) is 0.765. The van der Waals surface area contributed by atoms with Gasteiger partial charge in [0.2, 0.25) is 0 Å². The number of rotatable bonds is 2. The number of benzene rings is 1. The average Bonchev–Trinajstić information content (AvgIpc) is 2.38. The van der Waals surface area contributed by atoms with Crippen molar-refractivity contribution in [2.75, 3.05) is 7.11 Å². The van der Waals surface area contributed by atoms with Crippen LogP contribution in [0.15, 0.2) is 42.6 Å². The lowest BCUT2D eigenvalue weighted by molar-refractivity contribution is 0.415. The summed E-state index contributed by atoms with van der Waals surface area (Å²) in [6.45, 7) is 0. The van der Waals surface area contributed by atoms with E-state index in [1.807, 2.05) is 36.4 Å². The standard InChI is InChI=1S/C13H10N2O/c1-16-11-5-2-4-10(8-11)12-6-3-7-15-13(12)9-14/h2-8H,1H3. The number of aromatic nitrogens is 1. The Hall–Kier alpha value is -2.34. The molecule has 3 heteroatoms. The van der Waals surface area contributed by atoms with E-state index < -0.39 is 0 Å². The zero-order chi connectivity index (χ0) is 11.4. The Morgan fingerprint density at radius 2 is 2.12 bits per heavy atom. The molecule has 0 radical (unpaired) electrons. The monoisotopic (exact) mass is 210 g/mol. The highest BCUT2D eigenvalue weighted by Gasteiger charge is 2.05. The third kappa shape index (κ3) is 1.86. The van der Waals surface area contributed by atoms with E-state index in [0.717, 1.165) is 16.9 Å². The molecule has 0 unspecified atom stereocenters. The van der Waals surface area contributed by atoms with Gasteiger partial charge in [0.15, 0.2) is 0 Å². The van der Waals surface area contributed by atoms with Crippen molar-refractivity contribution in [2.24, 2.45) is 0 Å². The van der Waals surface area contributed by atoms with Gasteiger partial charge in [-0.2, -0.15) is 5.26 Å². The van der Waals surface area contributed by atoms with E-state index in [1.165, 1.54) is 0 Å². The van der Waals surface area contributed by atoms with Crippen molar-refractivity contribution < 1.29 is 4.74 Å². The zero-order valence-corrected chi connectivity index (χ0v) is 8.84. The summed E-state index contributed by atoms with van der Waals surface area (Å²) in [4.78, 5) is 4.03. The normalized spacial score (nSPS) is 9.50. The molecular weight excluding hydrogens is 200 g/mol. The molecule has 0 aliphatic rings. The van der Waals surface area contributed by atoms with Crippen molar-refractivity contribution in [3.05, 3.63) is 48.3 Å². The number of ether oxygens (including phenoxy) is 1. The molecule has 0 saturated carbocycles. The Morgan fingerprint density at radius 3 is 2.88 bits per heavy atom. The Morgan fingerprint density at radius 1 is 1.25 bits per heavy atom. The van der Waals surface area contributed by atoms with Gasteiger partial charge in [0.25, 0.3) is 0 Å². The summed E-state index contributed by atoms with van der Waals surface area (Å²) in [5, 5.41) is 8.96. The fourth-order valence-corrected chi connectivity index (χ4v) is 1.52. The lowest BCUT2D eigenvalue weighted by Crippen LogP contribution is -1.89. The predicted molar refractivity (Wildman–Crippen MR) is 60.9 cm³/mol. The van der Waals surface area contributed by atoms with Gasteiger partial charge in [-0.15, -0.1) is 0 Å². The summed E-state index contributed by atoms with van der Waals surface area (Å²) in [5.74, 6) is 0.769. The predicted octanol–water partition coefficient (Wildman–Crippen LogP) is 2.63. The van der Waals surface area contributed by atoms with Gasteiger partial charge in [-0.05, 0) is 29.8 Å². The van der Waals surface area contributed by atoms with Gasteiger partial charge in [0, 0.05) is 11.8 Å². The van der Waals surface area contributed by atoms with Gasteiger partial charge in [-0.1, -0.05) is 12.1 Å². The maximum Gasteiger partial charge on any atom is 0.148 e. The van der Waals surface area contributed by atoms with E-state index in [-0.39, 0.29) is 0 Å². The molecule has 78 valence electrons. The minimum atomic E-state index is 0.427. The van der Waals surface area contributed by atoms with Crippen LogP contribution in [-0.2, 0) is 0 Å². The molecule has 0 atom stereocenters. The summed E-state index contributed by atoms with van der Waals surface area (Å²) >= 11 is 0. The van der Waals surface area contributed by atoms with E-state index in [9.17, 15) is 0 Å². The second-order valence-electron chi connectivity index (χ2n) is 3.24. The van der Waals surface area contributed by atoms with Gasteiger partial charge in [-0.3, -0.25) is 0 Å². The molecule has 0 aliphatic carbocycles. The SMILES string of the molecule is COc1cccc(-c2cccnc2C#N)c1. The molecule has 1 heterocycles. The molecule has 0 spiro atoms. The van der Waals surface area contributed by atoms with Gasteiger partial charge in [0.05, 0.1) is 7.11 Å². The van der Waals surface area contributed by atoms with Crippen molar-refractivity contribution in [3.8, 4) is 22.9 Å². The molecule has 2 aromatic rings. The lowest BCUT2D eigenvalue weighted by atomic mass is 10.0. The molecule has 16 heavy (non-hydrogen) atoms. The number of hydrogen-bond acceptors (Lipinski definition) is 3. The molecule has 3 nitrogen and oxygen atoms in total. The van der Waals surface area contributed by atoms with Crippen molar-refractivity contribution in [1.29, 1.82) is 5.26 Å². The van der Waals surface area contributed by atoms with Gasteiger partial charge >= 0.3 is 0 Å². The van der Waals surface area contributed by atoms with Crippen LogP contribution in [0.3, 0.4) is 0 Å². The minimum Gasteiger partial charge on any atom is -0.497 e. The summed E-state index contributed by atoms with van der Waals surface area (Å²) in [7, 11) is 1.62. The van der Waals surface area contributed by atoms with Crippen LogP contribution >= 0.6 is 0 Å². The minimum absolute atomic E-state index is 0.427. The zero-order valence-electron chi connectivity index (χ0n) is 8.84. The van der Waals surface area contributed by atoms with E-state index in [0.29, 0.717) is 5.69 Å². The molecule has 0 N–H and O–H groups in total. The van der Waals surface area contributed by atoms with Crippen LogP contribution in [0.4, 0.5) is 0 Å². The smallest absolute Gasteiger partial charge is 0.148 e. The van der Waals surface area contributed by atoms with E-state index >= 15 is 0 Å². The van der Waals surface area contributed by atoms with E-state index in [2.05, 4.69) is 11.1 Å². The number of nitriles is 1. The van der Waals surface area contributed by atoms with E-state index in [4.69, 9.17) is 10.00 Å². The van der Waals surface area contributed by atoms with E-state index in [1.54, 1.807) is 13.3 Å². The van der Waals surface area contributed by atoms with Crippen LogP contribution in [0, 0.1) is 11.3 Å². The Kier molecular flexibility index (Phi) is 2.84. The topological polar surface area (TPSA) is 45.9 Å². The van der Waals surface area contributed by atoms with Gasteiger partial charge in [0.1, 0.15) is 17.5 Å². The first-order valence-electron chi connectivity index (χ1n) is 4.84. The fraction of sp³-hybridized carbons (Fsp3) is 0.0769. The molecule has 1 aromatic heterocycles. The second-order valence-corrected chi connectivity index (χ2v) is 3.24. The Bertz CT molecular complexity index is 544. The number of hydrogen-bond donors (Lipinski definition) is 0. The summed E-state index contributed by atoms with van der Waals surface area (Å²) in [6, 6.07) is 13.3. The largest absolute Gasteiger partial charge is 0.497 e. The van der Waals surface area contributed by atoms with Crippen LogP contribution in [0.5, 0.6) is 5.75 Å². The van der Waals surface area contributed by atoms with Crippen LogP contribution in [0.1, 0.15) is 5.69 Å². The third-order valence-corrected chi connectivity index (χ3v) is 2.29. The van der Waals surface area contributed by atoms with Crippen LogP contribution in [0.2, 0.25) is 0 Å². The maximum atomic E-state index is 8.96. The molecule has 0 fully saturated rings. The number of nitrogens with zero attached hydrogens (tertiary/aromatic N) is 2. The van der Waals surface area contributed by atoms with Crippen LogP contribution in [-0.4, -0.2) is 12.1 Å². The van der Waals surface area contributed by atoms with Gasteiger partial charge < -0.3 is 4.74 Å². The molecule has 0 amide bonds. The fourth-order valence-electron chi connectivity index (χ4n) is 1.52. The highest BCUT2D eigenvalue weighted by molar-refractivity contribution is 5.69. The maximum absolute atomic E-state index is 8.96. The molecule has 1 aromatic carbocycles. The summed E-state index contributed by atoms with van der Waals surface area (Å²) in [6.07, 6.45) is 1.61. The van der Waals surface area contributed by atoms with Crippen LogP contribution in [0.25, 0.3) is 11.1 Å². The summed E-state index contributed by atoms with van der Waals surface area (Å²) < 4.78 is 5.15. The second kappa shape index (κ2) is 4.45. The van der Waals surface area contributed by atoms with Crippen molar-refractivity contribution in [3.63, 3.8) is 0 Å². The van der Waals surface area contributed by atoms with Crippen molar-refractivity contribution >= 4 is 0 Å². The number of pyridine rings is 1. The average molecular weight is 210 g/mol. The Labute approximate surface area is 93.9 Å². The molecule has 0 saturated heterocycles. The number of methoxy groups -OCH3 is 1. The highest BCUT2D eigenvalue weighted by atomic mass is 16.5. The third-order valence-electron chi connectivity index (χ3n) is 2.29. The summed E-state index contributed by atoms with van der Waals surface area (Å²) in [5.41, 5.74) is 2.18. The van der Waals surface area contributed by atoms with Crippen LogP contribution < -0.4 is 4.74 Å². The van der Waals surface area contributed by atoms with Crippen molar-refractivity contribution in [2.45, 2.75) is 0 Å². The first kappa shape index (κ1) is 10.2.